The third-order valence-corrected chi connectivity index (χ3v) is 3.59. The molecular weight excluding hydrogens is 232 g/mol. The molecule has 3 rings (SSSR count). The van der Waals surface area contributed by atoms with Gasteiger partial charge in [-0.25, -0.2) is 4.98 Å². The lowest BCUT2D eigenvalue weighted by atomic mass is 10.1. The van der Waals surface area contributed by atoms with Crippen molar-refractivity contribution in [3.05, 3.63) is 28.4 Å². The second-order valence-electron chi connectivity index (χ2n) is 5.01. The number of aliphatic hydroxyl groups is 1. The monoisotopic (exact) mass is 248 g/mol. The van der Waals surface area contributed by atoms with Gasteiger partial charge in [0.15, 0.2) is 0 Å². The van der Waals surface area contributed by atoms with E-state index in [0.717, 1.165) is 12.1 Å². The molecule has 0 amide bonds. The molecular formula is C12H16N4O2. The lowest BCUT2D eigenvalue weighted by Crippen LogP contribution is -2.21. The predicted molar refractivity (Wildman–Crippen MR) is 67.2 cm³/mol. The Hall–Kier alpha value is -1.66. The van der Waals surface area contributed by atoms with Gasteiger partial charge in [-0.05, 0) is 5.92 Å². The van der Waals surface area contributed by atoms with Crippen LogP contribution in [-0.2, 0) is 6.54 Å². The highest BCUT2D eigenvalue weighted by atomic mass is 16.3. The van der Waals surface area contributed by atoms with Crippen LogP contribution in [-0.4, -0.2) is 44.2 Å². The molecule has 96 valence electrons. The topological polar surface area (TPSA) is 85.0 Å². The molecule has 0 aliphatic carbocycles. The van der Waals surface area contributed by atoms with E-state index in [1.165, 1.54) is 6.33 Å². The highest BCUT2D eigenvalue weighted by Crippen LogP contribution is 2.20. The summed E-state index contributed by atoms with van der Waals surface area (Å²) in [5.41, 5.74) is 2.08. The van der Waals surface area contributed by atoms with Crippen LogP contribution in [0.2, 0.25) is 0 Å². The summed E-state index contributed by atoms with van der Waals surface area (Å²) in [5, 5.41) is 9.73. The number of β-amino-alcohol motifs (C(OH)–C–C–N with tert-alkyl or cyclic N) is 1. The van der Waals surface area contributed by atoms with Crippen LogP contribution in [0.1, 0.15) is 12.5 Å². The first kappa shape index (κ1) is 11.4. The lowest BCUT2D eigenvalue weighted by Gasteiger charge is -2.13. The zero-order valence-corrected chi connectivity index (χ0v) is 10.2. The number of H-pyrrole nitrogens is 2. The minimum atomic E-state index is -0.258. The van der Waals surface area contributed by atoms with Crippen molar-refractivity contribution in [2.45, 2.75) is 19.6 Å². The summed E-state index contributed by atoms with van der Waals surface area (Å²) in [4.78, 5) is 23.4. The Kier molecular flexibility index (Phi) is 2.68. The number of rotatable bonds is 2. The summed E-state index contributed by atoms with van der Waals surface area (Å²) in [7, 11) is 0. The van der Waals surface area contributed by atoms with Crippen molar-refractivity contribution in [2.24, 2.45) is 5.92 Å². The normalized spacial score (nSPS) is 25.0. The first-order valence-corrected chi connectivity index (χ1v) is 6.09. The second kappa shape index (κ2) is 4.22. The number of nitrogens with zero attached hydrogens (tertiary/aromatic N) is 2. The Morgan fingerprint density at radius 1 is 1.50 bits per heavy atom. The van der Waals surface area contributed by atoms with Crippen LogP contribution in [0.4, 0.5) is 0 Å². The molecule has 0 aromatic carbocycles. The average Bonchev–Trinajstić information content (AvgIpc) is 2.86. The highest BCUT2D eigenvalue weighted by Gasteiger charge is 2.28. The molecule has 0 radical (unpaired) electrons. The van der Waals surface area contributed by atoms with Crippen LogP contribution < -0.4 is 5.56 Å². The fourth-order valence-corrected chi connectivity index (χ4v) is 2.54. The molecule has 1 aliphatic rings. The number of fused-ring (bicyclic) bond motifs is 1. The second-order valence-corrected chi connectivity index (χ2v) is 5.01. The van der Waals surface area contributed by atoms with Gasteiger partial charge in [0.1, 0.15) is 5.52 Å². The Morgan fingerprint density at radius 3 is 3.06 bits per heavy atom. The Labute approximate surface area is 104 Å². The molecule has 1 saturated heterocycles. The van der Waals surface area contributed by atoms with Crippen molar-refractivity contribution in [1.29, 1.82) is 0 Å². The zero-order valence-electron chi connectivity index (χ0n) is 10.2. The number of hydrogen-bond acceptors (Lipinski definition) is 4. The van der Waals surface area contributed by atoms with Crippen molar-refractivity contribution >= 4 is 11.0 Å². The zero-order chi connectivity index (χ0) is 12.7. The standard InChI is InChI=1S/C12H16N4O2/c1-7-3-16(5-9(7)17)4-8-2-13-11-10(8)14-6-15-12(11)18/h2,6-7,9,13,17H,3-5H2,1H3,(H,14,15,18)/t7-,9-/m0/s1. The van der Waals surface area contributed by atoms with Gasteiger partial charge in [0.2, 0.25) is 0 Å². The van der Waals surface area contributed by atoms with E-state index in [-0.39, 0.29) is 11.7 Å². The van der Waals surface area contributed by atoms with Gasteiger partial charge in [0.05, 0.1) is 17.9 Å². The van der Waals surface area contributed by atoms with Crippen molar-refractivity contribution in [1.82, 2.24) is 19.9 Å². The van der Waals surface area contributed by atoms with Crippen LogP contribution in [0.15, 0.2) is 17.3 Å². The smallest absolute Gasteiger partial charge is 0.275 e. The summed E-state index contributed by atoms with van der Waals surface area (Å²) in [6.07, 6.45) is 2.98. The van der Waals surface area contributed by atoms with Gasteiger partial charge in [0, 0.05) is 31.4 Å². The van der Waals surface area contributed by atoms with E-state index < -0.39 is 0 Å². The summed E-state index contributed by atoms with van der Waals surface area (Å²) >= 11 is 0. The van der Waals surface area contributed by atoms with Crippen molar-refractivity contribution in [2.75, 3.05) is 13.1 Å². The van der Waals surface area contributed by atoms with Crippen LogP contribution in [0.25, 0.3) is 11.0 Å². The van der Waals surface area contributed by atoms with Crippen LogP contribution in [0.5, 0.6) is 0 Å². The number of aromatic amines is 2. The average molecular weight is 248 g/mol. The molecule has 1 fully saturated rings. The van der Waals surface area contributed by atoms with Gasteiger partial charge in [-0.1, -0.05) is 6.92 Å². The van der Waals surface area contributed by atoms with Gasteiger partial charge in [-0.15, -0.1) is 0 Å². The van der Waals surface area contributed by atoms with E-state index in [1.54, 1.807) is 0 Å². The summed E-state index contributed by atoms with van der Waals surface area (Å²) in [5.74, 6) is 0.298. The fourth-order valence-electron chi connectivity index (χ4n) is 2.54. The first-order valence-electron chi connectivity index (χ1n) is 6.09. The maximum Gasteiger partial charge on any atom is 0.275 e. The minimum absolute atomic E-state index is 0.152. The minimum Gasteiger partial charge on any atom is -0.391 e. The molecule has 18 heavy (non-hydrogen) atoms. The van der Waals surface area contributed by atoms with Crippen LogP contribution >= 0.6 is 0 Å². The number of hydrogen-bond donors (Lipinski definition) is 3. The summed E-state index contributed by atoms with van der Waals surface area (Å²) < 4.78 is 0. The van der Waals surface area contributed by atoms with Crippen LogP contribution in [0, 0.1) is 5.92 Å². The van der Waals surface area contributed by atoms with Gasteiger partial charge in [0.25, 0.3) is 5.56 Å². The molecule has 6 nitrogen and oxygen atoms in total. The molecule has 0 saturated carbocycles. The lowest BCUT2D eigenvalue weighted by molar-refractivity contribution is 0.147. The third kappa shape index (κ3) is 1.83. The maximum atomic E-state index is 11.6. The summed E-state index contributed by atoms with van der Waals surface area (Å²) in [6.45, 7) is 4.30. The Bertz CT molecular complexity index is 608. The van der Waals surface area contributed by atoms with Gasteiger partial charge < -0.3 is 15.1 Å². The van der Waals surface area contributed by atoms with Crippen LogP contribution in [0.3, 0.4) is 0 Å². The Morgan fingerprint density at radius 2 is 2.33 bits per heavy atom. The van der Waals surface area contributed by atoms with E-state index in [2.05, 4.69) is 19.9 Å². The molecule has 0 unspecified atom stereocenters. The third-order valence-electron chi connectivity index (χ3n) is 3.59. The number of likely N-dealkylation sites (tertiary alicyclic amines) is 1. The Balaban J connectivity index is 1.88. The molecule has 2 aromatic heterocycles. The molecule has 3 heterocycles. The van der Waals surface area contributed by atoms with Crippen molar-refractivity contribution in [3.8, 4) is 0 Å². The number of aromatic nitrogens is 3. The van der Waals surface area contributed by atoms with E-state index in [4.69, 9.17) is 0 Å². The molecule has 3 N–H and O–H groups in total. The number of aliphatic hydroxyl groups excluding tert-OH is 1. The predicted octanol–water partition coefficient (Wildman–Crippen LogP) is 0.0638. The molecule has 0 bridgehead atoms. The van der Waals surface area contributed by atoms with Gasteiger partial charge >= 0.3 is 0 Å². The molecule has 2 aromatic rings. The van der Waals surface area contributed by atoms with Crippen molar-refractivity contribution in [3.63, 3.8) is 0 Å². The van der Waals surface area contributed by atoms with Gasteiger partial charge in [-0.2, -0.15) is 0 Å². The molecule has 2 atom stereocenters. The van der Waals surface area contributed by atoms with E-state index >= 15 is 0 Å². The van der Waals surface area contributed by atoms with E-state index in [0.29, 0.717) is 30.0 Å². The first-order chi connectivity index (χ1) is 8.65. The van der Waals surface area contributed by atoms with Gasteiger partial charge in [-0.3, -0.25) is 9.69 Å². The fraction of sp³-hybridized carbons (Fsp3) is 0.500. The molecule has 6 heteroatoms. The maximum absolute atomic E-state index is 11.6. The molecule has 0 spiro atoms. The highest BCUT2D eigenvalue weighted by molar-refractivity contribution is 5.77. The SMILES string of the molecule is C[C@H]1CN(Cc2c[nH]c3c(=O)[nH]cnc23)C[C@@H]1O. The van der Waals surface area contributed by atoms with Crippen molar-refractivity contribution < 1.29 is 5.11 Å². The van der Waals surface area contributed by atoms with E-state index in [9.17, 15) is 9.90 Å². The molecule has 1 aliphatic heterocycles. The summed E-state index contributed by atoms with van der Waals surface area (Å²) in [6, 6.07) is 0. The largest absolute Gasteiger partial charge is 0.391 e. The van der Waals surface area contributed by atoms with E-state index in [1.807, 2.05) is 13.1 Å². The number of nitrogens with one attached hydrogen (secondary N) is 2. The quantitative estimate of drug-likeness (QED) is 0.702.